The van der Waals surface area contributed by atoms with Crippen molar-refractivity contribution in [3.8, 4) is 0 Å². The molecule has 0 aliphatic heterocycles. The average molecular weight is 356 g/mol. The van der Waals surface area contributed by atoms with Crippen LogP contribution >= 0.6 is 27.7 Å². The summed E-state index contributed by atoms with van der Waals surface area (Å²) in [5, 5.41) is 0.553. The Kier molecular flexibility index (Phi) is 4.78. The molecule has 3 nitrogen and oxygen atoms in total. The summed E-state index contributed by atoms with van der Waals surface area (Å²) in [7, 11) is 0. The molecule has 2 N–H and O–H groups in total. The number of nitrogens with zero attached hydrogens (tertiary/aromatic N) is 2. The van der Waals surface area contributed by atoms with Gasteiger partial charge in [0.1, 0.15) is 0 Å². The first-order chi connectivity index (χ1) is 9.43. The summed E-state index contributed by atoms with van der Waals surface area (Å²) in [5.41, 5.74) is 9.18. The van der Waals surface area contributed by atoms with Gasteiger partial charge in [-0.15, -0.1) is 0 Å². The highest BCUT2D eigenvalue weighted by atomic mass is 79.9. The zero-order chi connectivity index (χ0) is 14.9. The van der Waals surface area contributed by atoms with Crippen molar-refractivity contribution in [2.75, 3.05) is 0 Å². The lowest BCUT2D eigenvalue weighted by molar-refractivity contribution is 0.591. The number of nitrogens with two attached hydrogens (primary N) is 1. The number of rotatable bonds is 3. The summed E-state index contributed by atoms with van der Waals surface area (Å²) in [6, 6.07) is 3.52. The molecule has 0 aliphatic rings. The van der Waals surface area contributed by atoms with Crippen molar-refractivity contribution < 1.29 is 4.39 Å². The van der Waals surface area contributed by atoms with Gasteiger partial charge in [-0.3, -0.25) is 0 Å². The van der Waals surface area contributed by atoms with Crippen molar-refractivity contribution in [3.05, 3.63) is 44.9 Å². The molecule has 6 heteroatoms. The van der Waals surface area contributed by atoms with Crippen molar-refractivity contribution in [1.29, 1.82) is 0 Å². The van der Waals surface area contributed by atoms with Crippen LogP contribution in [0.15, 0.2) is 26.7 Å². The van der Waals surface area contributed by atoms with Crippen LogP contribution < -0.4 is 5.73 Å². The Hall–Kier alpha value is -0.980. The van der Waals surface area contributed by atoms with Crippen molar-refractivity contribution in [3.63, 3.8) is 0 Å². The highest BCUT2D eigenvalue weighted by Gasteiger charge is 2.14. The first-order valence-electron chi connectivity index (χ1n) is 6.10. The van der Waals surface area contributed by atoms with Gasteiger partial charge in [0, 0.05) is 17.9 Å². The van der Waals surface area contributed by atoms with Crippen LogP contribution in [0.4, 0.5) is 4.39 Å². The molecule has 0 saturated carbocycles. The molecule has 0 unspecified atom stereocenters. The van der Waals surface area contributed by atoms with E-state index in [0.717, 1.165) is 22.5 Å². The standard InChI is InChI=1S/C14H15BrFN3S/c1-7-8(2)18-14(19-9(7)3)20-11-5-4-10(6-17)12(15)13(11)16/h4-5H,6,17H2,1-3H3. The number of halogens is 2. The predicted molar refractivity (Wildman–Crippen MR) is 82.4 cm³/mol. The van der Waals surface area contributed by atoms with Crippen LogP contribution in [0.25, 0.3) is 0 Å². The molecule has 20 heavy (non-hydrogen) atoms. The summed E-state index contributed by atoms with van der Waals surface area (Å²) >= 11 is 4.45. The van der Waals surface area contributed by atoms with E-state index in [1.54, 1.807) is 6.07 Å². The van der Waals surface area contributed by atoms with Gasteiger partial charge in [-0.1, -0.05) is 6.07 Å². The molecule has 1 aromatic carbocycles. The third-order valence-corrected chi connectivity index (χ3v) is 4.92. The van der Waals surface area contributed by atoms with Crippen LogP contribution in [0.3, 0.4) is 0 Å². The smallest absolute Gasteiger partial charge is 0.192 e. The molecule has 0 saturated heterocycles. The molecule has 0 amide bonds. The summed E-state index contributed by atoms with van der Waals surface area (Å²) in [4.78, 5) is 9.26. The zero-order valence-electron chi connectivity index (χ0n) is 11.5. The van der Waals surface area contributed by atoms with Crippen LogP contribution in [0.2, 0.25) is 0 Å². The maximum atomic E-state index is 14.2. The Morgan fingerprint density at radius 3 is 2.35 bits per heavy atom. The van der Waals surface area contributed by atoms with Crippen molar-refractivity contribution in [2.24, 2.45) is 5.73 Å². The van der Waals surface area contributed by atoms with Crippen LogP contribution in [0.1, 0.15) is 22.5 Å². The maximum absolute atomic E-state index is 14.2. The Balaban J connectivity index is 2.38. The highest BCUT2D eigenvalue weighted by Crippen LogP contribution is 2.33. The van der Waals surface area contributed by atoms with Crippen molar-refractivity contribution in [1.82, 2.24) is 9.97 Å². The molecular weight excluding hydrogens is 341 g/mol. The fourth-order valence-corrected chi connectivity index (χ4v) is 3.22. The molecule has 0 aliphatic carbocycles. The van der Waals surface area contributed by atoms with E-state index < -0.39 is 0 Å². The Morgan fingerprint density at radius 2 is 1.80 bits per heavy atom. The number of aryl methyl sites for hydroxylation is 2. The van der Waals surface area contributed by atoms with Gasteiger partial charge in [-0.2, -0.15) is 0 Å². The molecule has 1 aromatic heterocycles. The topological polar surface area (TPSA) is 51.8 Å². The molecule has 2 rings (SSSR count). The van der Waals surface area contributed by atoms with Gasteiger partial charge in [0.25, 0.3) is 0 Å². The number of hydrogen-bond acceptors (Lipinski definition) is 4. The molecule has 0 radical (unpaired) electrons. The summed E-state index contributed by atoms with van der Waals surface area (Å²) in [6.45, 7) is 6.13. The van der Waals surface area contributed by atoms with Gasteiger partial charge in [0.15, 0.2) is 11.0 Å². The third-order valence-electron chi connectivity index (χ3n) is 3.16. The molecule has 106 valence electrons. The quantitative estimate of drug-likeness (QED) is 0.847. The van der Waals surface area contributed by atoms with Crippen LogP contribution in [-0.4, -0.2) is 9.97 Å². The molecule has 0 bridgehead atoms. The first kappa shape index (κ1) is 15.4. The third kappa shape index (κ3) is 3.02. The van der Waals surface area contributed by atoms with E-state index in [2.05, 4.69) is 25.9 Å². The van der Waals surface area contributed by atoms with E-state index in [1.807, 2.05) is 26.8 Å². The van der Waals surface area contributed by atoms with Crippen molar-refractivity contribution >= 4 is 27.7 Å². The van der Waals surface area contributed by atoms with E-state index in [0.29, 0.717) is 21.1 Å². The fourth-order valence-electron chi connectivity index (χ4n) is 1.69. The van der Waals surface area contributed by atoms with Crippen molar-refractivity contribution in [2.45, 2.75) is 37.4 Å². The molecular formula is C14H15BrFN3S. The zero-order valence-corrected chi connectivity index (χ0v) is 13.9. The minimum Gasteiger partial charge on any atom is -0.326 e. The number of benzene rings is 1. The molecule has 1 heterocycles. The van der Waals surface area contributed by atoms with E-state index >= 15 is 0 Å². The summed E-state index contributed by atoms with van der Waals surface area (Å²) in [6.07, 6.45) is 0. The largest absolute Gasteiger partial charge is 0.326 e. The number of aromatic nitrogens is 2. The van der Waals surface area contributed by atoms with E-state index in [-0.39, 0.29) is 5.82 Å². The maximum Gasteiger partial charge on any atom is 0.192 e. The second-order valence-corrected chi connectivity index (χ2v) is 6.26. The second kappa shape index (κ2) is 6.20. The van der Waals surface area contributed by atoms with Gasteiger partial charge >= 0.3 is 0 Å². The van der Waals surface area contributed by atoms with E-state index in [4.69, 9.17) is 5.73 Å². The minimum atomic E-state index is -0.322. The van der Waals surface area contributed by atoms with Crippen LogP contribution in [0, 0.1) is 26.6 Å². The molecule has 0 spiro atoms. The molecule has 0 fully saturated rings. The molecule has 0 atom stereocenters. The summed E-state index contributed by atoms with van der Waals surface area (Å²) < 4.78 is 14.6. The van der Waals surface area contributed by atoms with Crippen LogP contribution in [-0.2, 0) is 6.54 Å². The minimum absolute atomic E-state index is 0.293. The Morgan fingerprint density at radius 1 is 1.20 bits per heavy atom. The van der Waals surface area contributed by atoms with Gasteiger partial charge in [-0.25, -0.2) is 14.4 Å². The summed E-state index contributed by atoms with van der Waals surface area (Å²) in [5.74, 6) is -0.322. The fraction of sp³-hybridized carbons (Fsp3) is 0.286. The highest BCUT2D eigenvalue weighted by molar-refractivity contribution is 9.10. The Bertz CT molecular complexity index is 638. The lowest BCUT2D eigenvalue weighted by atomic mass is 10.2. The van der Waals surface area contributed by atoms with Gasteiger partial charge in [-0.05, 0) is 65.7 Å². The Labute approximate surface area is 130 Å². The first-order valence-corrected chi connectivity index (χ1v) is 7.71. The molecule has 2 aromatic rings. The normalized spacial score (nSPS) is 10.9. The van der Waals surface area contributed by atoms with E-state index in [1.165, 1.54) is 11.8 Å². The SMILES string of the molecule is Cc1nc(Sc2ccc(CN)c(Br)c2F)nc(C)c1C. The predicted octanol–water partition coefficient (Wildman–Crippen LogP) is 3.91. The van der Waals surface area contributed by atoms with Gasteiger partial charge in [0.05, 0.1) is 9.37 Å². The average Bonchev–Trinajstić information content (AvgIpc) is 2.41. The van der Waals surface area contributed by atoms with Crippen LogP contribution in [0.5, 0.6) is 0 Å². The number of hydrogen-bond donors (Lipinski definition) is 1. The monoisotopic (exact) mass is 355 g/mol. The van der Waals surface area contributed by atoms with Gasteiger partial charge < -0.3 is 5.73 Å². The van der Waals surface area contributed by atoms with Gasteiger partial charge in [0.2, 0.25) is 0 Å². The lowest BCUT2D eigenvalue weighted by Crippen LogP contribution is -2.01. The second-order valence-electron chi connectivity index (χ2n) is 4.46. The van der Waals surface area contributed by atoms with E-state index in [9.17, 15) is 4.39 Å². The lowest BCUT2D eigenvalue weighted by Gasteiger charge is -2.09.